The summed E-state index contributed by atoms with van der Waals surface area (Å²) in [4.78, 5) is 15.9. The molecule has 3 rings (SSSR count). The standard InChI is InChI=1S/C13H16N2O3S/c1-9(16)10-7-11-12(14-8-10)13(5-3-4-6-13)15(2)19(11,17)18/h7-8H,3-6H2,1-2H3. The minimum absolute atomic E-state index is 0.166. The average molecular weight is 280 g/mol. The number of carbonyl (C=O) groups excluding carboxylic acids is 1. The molecule has 1 aromatic rings. The maximum Gasteiger partial charge on any atom is 0.245 e. The van der Waals surface area contributed by atoms with Crippen molar-refractivity contribution >= 4 is 15.8 Å². The highest BCUT2D eigenvalue weighted by molar-refractivity contribution is 7.89. The topological polar surface area (TPSA) is 67.3 Å². The van der Waals surface area contributed by atoms with Crippen molar-refractivity contribution in [2.75, 3.05) is 7.05 Å². The highest BCUT2D eigenvalue weighted by atomic mass is 32.2. The maximum absolute atomic E-state index is 12.5. The molecule has 0 saturated heterocycles. The van der Waals surface area contributed by atoms with E-state index in [1.54, 1.807) is 7.05 Å². The lowest BCUT2D eigenvalue weighted by atomic mass is 9.92. The Morgan fingerprint density at radius 3 is 2.58 bits per heavy atom. The Labute approximate surface area is 112 Å². The average Bonchev–Trinajstić information content (AvgIpc) is 2.91. The first-order valence-corrected chi connectivity index (χ1v) is 7.84. The predicted molar refractivity (Wildman–Crippen MR) is 69.3 cm³/mol. The van der Waals surface area contributed by atoms with E-state index in [1.165, 1.54) is 23.5 Å². The summed E-state index contributed by atoms with van der Waals surface area (Å²) in [6.07, 6.45) is 5.13. The van der Waals surface area contributed by atoms with E-state index in [1.807, 2.05) is 0 Å². The summed E-state index contributed by atoms with van der Waals surface area (Å²) in [5.41, 5.74) is 0.493. The number of rotatable bonds is 1. The molecule has 0 N–H and O–H groups in total. The van der Waals surface area contributed by atoms with Gasteiger partial charge in [-0.1, -0.05) is 12.8 Å². The molecule has 1 spiro atoms. The molecule has 1 saturated carbocycles. The van der Waals surface area contributed by atoms with E-state index in [2.05, 4.69) is 4.98 Å². The SMILES string of the molecule is CC(=O)c1cnc2c(c1)S(=O)(=O)N(C)C21CCCC1. The van der Waals surface area contributed by atoms with Crippen molar-refractivity contribution in [3.05, 3.63) is 23.5 Å². The quantitative estimate of drug-likeness (QED) is 0.734. The molecule has 1 aliphatic heterocycles. The second kappa shape index (κ2) is 3.86. The zero-order valence-corrected chi connectivity index (χ0v) is 11.8. The number of fused-ring (bicyclic) bond motifs is 2. The van der Waals surface area contributed by atoms with Crippen LogP contribution in [0.25, 0.3) is 0 Å². The van der Waals surface area contributed by atoms with Crippen LogP contribution in [0.5, 0.6) is 0 Å². The Morgan fingerprint density at radius 2 is 2.00 bits per heavy atom. The van der Waals surface area contributed by atoms with E-state index in [-0.39, 0.29) is 10.7 Å². The Balaban J connectivity index is 2.28. The van der Waals surface area contributed by atoms with E-state index in [0.717, 1.165) is 25.7 Å². The van der Waals surface area contributed by atoms with Gasteiger partial charge in [0.15, 0.2) is 5.78 Å². The van der Waals surface area contributed by atoms with Crippen LogP contribution >= 0.6 is 0 Å². The van der Waals surface area contributed by atoms with Crippen molar-refractivity contribution in [1.29, 1.82) is 0 Å². The third kappa shape index (κ3) is 1.53. The Kier molecular flexibility index (Phi) is 2.59. The van der Waals surface area contributed by atoms with Crippen LogP contribution in [0.15, 0.2) is 17.2 Å². The zero-order valence-electron chi connectivity index (χ0n) is 11.0. The molecule has 0 unspecified atom stereocenters. The molecule has 2 aliphatic rings. The molecule has 0 atom stereocenters. The van der Waals surface area contributed by atoms with Crippen LogP contribution in [0.2, 0.25) is 0 Å². The fourth-order valence-corrected chi connectivity index (χ4v) is 5.01. The second-order valence-electron chi connectivity index (χ2n) is 5.34. The first-order chi connectivity index (χ1) is 8.89. The number of sulfonamides is 1. The highest BCUT2D eigenvalue weighted by Crippen LogP contribution is 2.51. The number of Topliss-reactive ketones (excluding diaryl/α,β-unsaturated/α-hetero) is 1. The van der Waals surface area contributed by atoms with E-state index in [0.29, 0.717) is 11.3 Å². The molecule has 1 aliphatic carbocycles. The highest BCUT2D eigenvalue weighted by Gasteiger charge is 2.54. The lowest BCUT2D eigenvalue weighted by Gasteiger charge is -2.29. The smallest absolute Gasteiger partial charge is 0.245 e. The fourth-order valence-electron chi connectivity index (χ4n) is 3.22. The van der Waals surface area contributed by atoms with Gasteiger partial charge in [0.25, 0.3) is 0 Å². The summed E-state index contributed by atoms with van der Waals surface area (Å²) in [5, 5.41) is 0. The fraction of sp³-hybridized carbons (Fsp3) is 0.538. The van der Waals surface area contributed by atoms with Crippen LogP contribution in [0.3, 0.4) is 0 Å². The van der Waals surface area contributed by atoms with Crippen LogP contribution in [-0.2, 0) is 15.6 Å². The molecular weight excluding hydrogens is 264 g/mol. The van der Waals surface area contributed by atoms with Gasteiger partial charge in [-0.25, -0.2) is 8.42 Å². The molecule has 102 valence electrons. The van der Waals surface area contributed by atoms with E-state index in [4.69, 9.17) is 0 Å². The van der Waals surface area contributed by atoms with Gasteiger partial charge in [0.1, 0.15) is 4.90 Å². The van der Waals surface area contributed by atoms with Crippen molar-refractivity contribution in [3.63, 3.8) is 0 Å². The molecule has 1 aromatic heterocycles. The summed E-state index contributed by atoms with van der Waals surface area (Å²) >= 11 is 0. The van der Waals surface area contributed by atoms with Crippen LogP contribution in [0.1, 0.15) is 48.7 Å². The van der Waals surface area contributed by atoms with Gasteiger partial charge < -0.3 is 0 Å². The van der Waals surface area contributed by atoms with Gasteiger partial charge in [0.05, 0.1) is 11.2 Å². The third-order valence-electron chi connectivity index (χ3n) is 4.37. The number of nitrogens with zero attached hydrogens (tertiary/aromatic N) is 2. The van der Waals surface area contributed by atoms with Crippen LogP contribution in [-0.4, -0.2) is 30.5 Å². The summed E-state index contributed by atoms with van der Waals surface area (Å²) in [7, 11) is -1.89. The molecule has 0 radical (unpaired) electrons. The summed E-state index contributed by atoms with van der Waals surface area (Å²) in [5.74, 6) is -0.166. The van der Waals surface area contributed by atoms with Crippen molar-refractivity contribution in [1.82, 2.24) is 9.29 Å². The van der Waals surface area contributed by atoms with E-state index in [9.17, 15) is 13.2 Å². The van der Waals surface area contributed by atoms with E-state index >= 15 is 0 Å². The number of ketones is 1. The Hall–Kier alpha value is -1.27. The third-order valence-corrected chi connectivity index (χ3v) is 6.31. The number of hydrogen-bond donors (Lipinski definition) is 0. The van der Waals surface area contributed by atoms with Crippen molar-refractivity contribution < 1.29 is 13.2 Å². The molecular formula is C13H16N2O3S. The largest absolute Gasteiger partial charge is 0.294 e. The summed E-state index contributed by atoms with van der Waals surface area (Å²) < 4.78 is 26.4. The molecule has 6 heteroatoms. The zero-order chi connectivity index (χ0) is 13.8. The second-order valence-corrected chi connectivity index (χ2v) is 7.28. The molecule has 0 bridgehead atoms. The van der Waals surface area contributed by atoms with Gasteiger partial charge in [-0.15, -0.1) is 0 Å². The van der Waals surface area contributed by atoms with Gasteiger partial charge in [0.2, 0.25) is 10.0 Å². The van der Waals surface area contributed by atoms with Crippen LogP contribution in [0, 0.1) is 0 Å². The molecule has 0 amide bonds. The number of pyridine rings is 1. The van der Waals surface area contributed by atoms with E-state index < -0.39 is 15.6 Å². The van der Waals surface area contributed by atoms with Crippen LogP contribution < -0.4 is 0 Å². The predicted octanol–water partition coefficient (Wildman–Crippen LogP) is 1.69. The summed E-state index contributed by atoms with van der Waals surface area (Å²) in [6.45, 7) is 1.42. The Bertz CT molecular complexity index is 660. The maximum atomic E-state index is 12.5. The number of aromatic nitrogens is 1. The molecule has 5 nitrogen and oxygen atoms in total. The minimum atomic E-state index is -3.51. The molecule has 0 aromatic carbocycles. The lowest BCUT2D eigenvalue weighted by molar-refractivity contribution is 0.101. The van der Waals surface area contributed by atoms with Crippen molar-refractivity contribution in [3.8, 4) is 0 Å². The molecule has 19 heavy (non-hydrogen) atoms. The van der Waals surface area contributed by atoms with Gasteiger partial charge in [-0.05, 0) is 25.8 Å². The van der Waals surface area contributed by atoms with Gasteiger partial charge in [0, 0.05) is 18.8 Å². The van der Waals surface area contributed by atoms with Crippen molar-refractivity contribution in [2.45, 2.75) is 43.0 Å². The van der Waals surface area contributed by atoms with Gasteiger partial charge >= 0.3 is 0 Å². The minimum Gasteiger partial charge on any atom is -0.294 e. The lowest BCUT2D eigenvalue weighted by Crippen LogP contribution is -2.38. The Morgan fingerprint density at radius 1 is 1.37 bits per heavy atom. The first-order valence-electron chi connectivity index (χ1n) is 6.40. The first kappa shape index (κ1) is 12.7. The molecule has 2 heterocycles. The normalized spacial score (nSPS) is 23.7. The molecule has 1 fully saturated rings. The van der Waals surface area contributed by atoms with Gasteiger partial charge in [-0.2, -0.15) is 4.31 Å². The van der Waals surface area contributed by atoms with Gasteiger partial charge in [-0.3, -0.25) is 9.78 Å². The van der Waals surface area contributed by atoms with Crippen LogP contribution in [0.4, 0.5) is 0 Å². The summed E-state index contributed by atoms with van der Waals surface area (Å²) in [6, 6.07) is 1.48. The number of carbonyl (C=O) groups is 1. The number of hydrogen-bond acceptors (Lipinski definition) is 4. The monoisotopic (exact) mass is 280 g/mol. The van der Waals surface area contributed by atoms with Crippen molar-refractivity contribution in [2.24, 2.45) is 0 Å².